The monoisotopic (exact) mass is 303 g/mol. The van der Waals surface area contributed by atoms with Crippen LogP contribution in [-0.4, -0.2) is 33.6 Å². The van der Waals surface area contributed by atoms with Gasteiger partial charge in [0.2, 0.25) is 5.03 Å². The molecule has 7 nitrogen and oxygen atoms in total. The van der Waals surface area contributed by atoms with Crippen LogP contribution in [0.25, 0.3) is 0 Å². The maximum Gasteiger partial charge on any atom is 0.261 e. The van der Waals surface area contributed by atoms with Gasteiger partial charge in [0.25, 0.3) is 10.0 Å². The summed E-state index contributed by atoms with van der Waals surface area (Å²) in [6.45, 7) is 2.23. The molecule has 0 saturated carbocycles. The first-order valence-electron chi connectivity index (χ1n) is 5.55. The van der Waals surface area contributed by atoms with Crippen LogP contribution < -0.4 is 4.72 Å². The van der Waals surface area contributed by atoms with Crippen molar-refractivity contribution in [2.75, 3.05) is 0 Å². The van der Waals surface area contributed by atoms with Crippen LogP contribution in [0.4, 0.5) is 0 Å². The number of halogens is 1. The van der Waals surface area contributed by atoms with Crippen molar-refractivity contribution in [1.29, 1.82) is 0 Å². The standard InChI is InChI=1S/C10H14ClN5O2S/c1-8(5-16-4-3-12-6-16)14-19(17,18)10-9(11)15(2)7-13-10/h3-4,6-8,14H,5H2,1-2H3. The predicted molar refractivity (Wildman–Crippen MR) is 70.2 cm³/mol. The van der Waals surface area contributed by atoms with E-state index in [1.54, 1.807) is 37.3 Å². The quantitative estimate of drug-likeness (QED) is 0.878. The molecule has 104 valence electrons. The van der Waals surface area contributed by atoms with Gasteiger partial charge in [-0.1, -0.05) is 11.6 Å². The molecule has 0 saturated heterocycles. The Morgan fingerprint density at radius 3 is 2.74 bits per heavy atom. The van der Waals surface area contributed by atoms with E-state index in [-0.39, 0.29) is 16.2 Å². The maximum atomic E-state index is 12.1. The molecule has 0 aliphatic carbocycles. The molecular weight excluding hydrogens is 290 g/mol. The van der Waals surface area contributed by atoms with E-state index >= 15 is 0 Å². The Kier molecular flexibility index (Phi) is 3.93. The number of rotatable bonds is 5. The minimum Gasteiger partial charge on any atom is -0.336 e. The molecule has 0 spiro atoms. The van der Waals surface area contributed by atoms with Gasteiger partial charge in [-0.25, -0.2) is 23.1 Å². The zero-order chi connectivity index (χ0) is 14.0. The number of imidazole rings is 2. The summed E-state index contributed by atoms with van der Waals surface area (Å²) >= 11 is 5.89. The van der Waals surface area contributed by atoms with Gasteiger partial charge < -0.3 is 9.13 Å². The van der Waals surface area contributed by atoms with Crippen LogP contribution in [0.1, 0.15) is 6.92 Å². The molecule has 0 bridgehead atoms. The number of sulfonamides is 1. The minimum atomic E-state index is -3.72. The van der Waals surface area contributed by atoms with Crippen molar-refractivity contribution in [3.05, 3.63) is 30.2 Å². The van der Waals surface area contributed by atoms with Crippen LogP contribution in [0.3, 0.4) is 0 Å². The summed E-state index contributed by atoms with van der Waals surface area (Å²) in [5.74, 6) is 0. The lowest BCUT2D eigenvalue weighted by Crippen LogP contribution is -2.35. The Labute approximate surface area is 116 Å². The summed E-state index contributed by atoms with van der Waals surface area (Å²) in [6.07, 6.45) is 6.38. The van der Waals surface area contributed by atoms with Gasteiger partial charge >= 0.3 is 0 Å². The number of hydrogen-bond donors (Lipinski definition) is 1. The van der Waals surface area contributed by atoms with E-state index in [1.165, 1.54) is 10.9 Å². The first-order valence-corrected chi connectivity index (χ1v) is 7.41. The fourth-order valence-corrected chi connectivity index (χ4v) is 3.31. The van der Waals surface area contributed by atoms with E-state index in [4.69, 9.17) is 11.6 Å². The van der Waals surface area contributed by atoms with Gasteiger partial charge in [0, 0.05) is 32.0 Å². The number of aryl methyl sites for hydroxylation is 1. The van der Waals surface area contributed by atoms with Crippen LogP contribution in [0.15, 0.2) is 30.1 Å². The molecule has 0 radical (unpaired) electrons. The Morgan fingerprint density at radius 2 is 2.21 bits per heavy atom. The predicted octanol–water partition coefficient (Wildman–Crippen LogP) is 0.637. The van der Waals surface area contributed by atoms with Crippen molar-refractivity contribution in [1.82, 2.24) is 23.8 Å². The molecule has 1 N–H and O–H groups in total. The lowest BCUT2D eigenvalue weighted by Gasteiger charge is -2.13. The van der Waals surface area contributed by atoms with Crippen molar-refractivity contribution in [2.45, 2.75) is 24.5 Å². The second kappa shape index (κ2) is 5.32. The molecule has 19 heavy (non-hydrogen) atoms. The Bertz CT molecular complexity index is 650. The minimum absolute atomic E-state index is 0.0855. The van der Waals surface area contributed by atoms with Gasteiger partial charge in [0.15, 0.2) is 0 Å². The van der Waals surface area contributed by atoms with Crippen molar-refractivity contribution in [2.24, 2.45) is 7.05 Å². The van der Waals surface area contributed by atoms with Gasteiger partial charge in [-0.3, -0.25) is 0 Å². The molecule has 1 unspecified atom stereocenters. The molecule has 2 aromatic heterocycles. The van der Waals surface area contributed by atoms with Gasteiger partial charge in [-0.05, 0) is 6.92 Å². The van der Waals surface area contributed by atoms with Crippen LogP contribution in [0, 0.1) is 0 Å². The zero-order valence-electron chi connectivity index (χ0n) is 10.5. The van der Waals surface area contributed by atoms with Crippen LogP contribution in [0.5, 0.6) is 0 Å². The SMILES string of the molecule is CC(Cn1ccnc1)NS(=O)(=O)c1ncn(C)c1Cl. The Balaban J connectivity index is 2.11. The van der Waals surface area contributed by atoms with Crippen molar-refractivity contribution in [3.8, 4) is 0 Å². The summed E-state index contributed by atoms with van der Waals surface area (Å²) in [4.78, 5) is 7.69. The number of nitrogens with zero attached hydrogens (tertiary/aromatic N) is 4. The first kappa shape index (κ1) is 14.0. The number of hydrogen-bond acceptors (Lipinski definition) is 4. The molecule has 2 aromatic rings. The number of nitrogens with one attached hydrogen (secondary N) is 1. The number of aromatic nitrogens is 4. The average Bonchev–Trinajstić information content (AvgIpc) is 2.90. The zero-order valence-corrected chi connectivity index (χ0v) is 12.1. The van der Waals surface area contributed by atoms with E-state index in [2.05, 4.69) is 14.7 Å². The first-order chi connectivity index (χ1) is 8.90. The largest absolute Gasteiger partial charge is 0.336 e. The highest BCUT2D eigenvalue weighted by Gasteiger charge is 2.24. The molecule has 0 aromatic carbocycles. The van der Waals surface area contributed by atoms with E-state index in [1.807, 2.05) is 0 Å². The summed E-state index contributed by atoms with van der Waals surface area (Å²) in [6, 6.07) is -0.308. The lowest BCUT2D eigenvalue weighted by atomic mass is 10.4. The van der Waals surface area contributed by atoms with E-state index in [0.717, 1.165) is 0 Å². The Morgan fingerprint density at radius 1 is 1.47 bits per heavy atom. The highest BCUT2D eigenvalue weighted by atomic mass is 35.5. The van der Waals surface area contributed by atoms with Crippen LogP contribution in [-0.2, 0) is 23.6 Å². The molecule has 0 amide bonds. The van der Waals surface area contributed by atoms with Gasteiger partial charge in [-0.2, -0.15) is 0 Å². The Hall–Kier alpha value is -1.38. The van der Waals surface area contributed by atoms with Crippen molar-refractivity contribution < 1.29 is 8.42 Å². The lowest BCUT2D eigenvalue weighted by molar-refractivity contribution is 0.518. The molecule has 0 aliphatic rings. The summed E-state index contributed by atoms with van der Waals surface area (Å²) < 4.78 is 30.0. The van der Waals surface area contributed by atoms with Crippen molar-refractivity contribution >= 4 is 21.6 Å². The summed E-state index contributed by atoms with van der Waals surface area (Å²) in [7, 11) is -2.09. The van der Waals surface area contributed by atoms with E-state index < -0.39 is 10.0 Å². The second-order valence-corrected chi connectivity index (χ2v) is 6.22. The molecule has 0 fully saturated rings. The molecule has 9 heteroatoms. The fourth-order valence-electron chi connectivity index (χ4n) is 1.64. The highest BCUT2D eigenvalue weighted by molar-refractivity contribution is 7.89. The third-order valence-corrected chi connectivity index (χ3v) is 4.57. The van der Waals surface area contributed by atoms with Gasteiger partial charge in [0.1, 0.15) is 5.15 Å². The van der Waals surface area contributed by atoms with Gasteiger partial charge in [0.05, 0.1) is 12.7 Å². The topological polar surface area (TPSA) is 81.8 Å². The van der Waals surface area contributed by atoms with Gasteiger partial charge in [-0.15, -0.1) is 0 Å². The third kappa shape index (κ3) is 3.14. The molecule has 0 aliphatic heterocycles. The third-order valence-electron chi connectivity index (χ3n) is 2.49. The molecular formula is C10H14ClN5O2S. The average molecular weight is 304 g/mol. The molecule has 2 rings (SSSR count). The van der Waals surface area contributed by atoms with Crippen LogP contribution >= 0.6 is 11.6 Å². The maximum absolute atomic E-state index is 12.1. The van der Waals surface area contributed by atoms with Crippen molar-refractivity contribution in [3.63, 3.8) is 0 Å². The smallest absolute Gasteiger partial charge is 0.261 e. The van der Waals surface area contributed by atoms with E-state index in [9.17, 15) is 8.42 Å². The summed E-state index contributed by atoms with van der Waals surface area (Å²) in [5.41, 5.74) is 0. The second-order valence-electron chi connectivity index (χ2n) is 4.23. The normalized spacial score (nSPS) is 13.6. The van der Waals surface area contributed by atoms with E-state index in [0.29, 0.717) is 6.54 Å². The molecule has 1 atom stereocenters. The summed E-state index contributed by atoms with van der Waals surface area (Å²) in [5, 5.41) is -0.0727. The highest BCUT2D eigenvalue weighted by Crippen LogP contribution is 2.18. The van der Waals surface area contributed by atoms with Crippen LogP contribution in [0.2, 0.25) is 5.15 Å². The molecule has 2 heterocycles. The fraction of sp³-hybridized carbons (Fsp3) is 0.400.